The Hall–Kier alpha value is -1.40. The van der Waals surface area contributed by atoms with Gasteiger partial charge in [0.05, 0.1) is 25.4 Å². The fourth-order valence-corrected chi connectivity index (χ4v) is 10.2. The highest BCUT2D eigenvalue weighted by atomic mass is 16.5. The summed E-state index contributed by atoms with van der Waals surface area (Å²) >= 11 is 0. The van der Waals surface area contributed by atoms with Crippen LogP contribution in [0.4, 0.5) is 0 Å². The SMILES string of the molecule is CCCCCCCC/C=C\CCCCCCCC(=O)OCCCCCCCCCCCCCCCC(=O)NC(CO)C(O)CCCCCCCCCCCCCCCCCCCCCCCCCCC. The molecule has 0 aromatic heterocycles. The van der Waals surface area contributed by atoms with Crippen LogP contribution in [-0.4, -0.2) is 47.4 Å². The zero-order valence-corrected chi connectivity index (χ0v) is 47.5. The lowest BCUT2D eigenvalue weighted by atomic mass is 10.0. The molecule has 0 aromatic rings. The minimum Gasteiger partial charge on any atom is -0.466 e. The molecular weight excluding hydrogens is 863 g/mol. The molecule has 0 saturated heterocycles. The second-order valence-corrected chi connectivity index (χ2v) is 22.1. The number of ether oxygens (including phenoxy) is 1. The highest BCUT2D eigenvalue weighted by Gasteiger charge is 2.20. The summed E-state index contributed by atoms with van der Waals surface area (Å²) in [4.78, 5) is 24.6. The van der Waals surface area contributed by atoms with Crippen LogP contribution >= 0.6 is 0 Å². The minimum absolute atomic E-state index is 0.0119. The molecule has 70 heavy (non-hydrogen) atoms. The van der Waals surface area contributed by atoms with Crippen LogP contribution in [0.1, 0.15) is 361 Å². The van der Waals surface area contributed by atoms with Gasteiger partial charge in [0.1, 0.15) is 0 Å². The van der Waals surface area contributed by atoms with E-state index in [1.807, 2.05) is 0 Å². The van der Waals surface area contributed by atoms with Crippen molar-refractivity contribution in [3.63, 3.8) is 0 Å². The van der Waals surface area contributed by atoms with E-state index in [0.717, 1.165) is 51.4 Å². The molecule has 0 bridgehead atoms. The lowest BCUT2D eigenvalue weighted by Gasteiger charge is -2.22. The van der Waals surface area contributed by atoms with E-state index in [-0.39, 0.29) is 18.5 Å². The van der Waals surface area contributed by atoms with Crippen molar-refractivity contribution >= 4 is 11.9 Å². The summed E-state index contributed by atoms with van der Waals surface area (Å²) in [5, 5.41) is 23.4. The van der Waals surface area contributed by atoms with Crippen molar-refractivity contribution in [2.45, 2.75) is 373 Å². The highest BCUT2D eigenvalue weighted by molar-refractivity contribution is 5.76. The summed E-state index contributed by atoms with van der Waals surface area (Å²) in [7, 11) is 0. The van der Waals surface area contributed by atoms with E-state index in [0.29, 0.717) is 25.9 Å². The van der Waals surface area contributed by atoms with Crippen LogP contribution in [0.5, 0.6) is 0 Å². The number of nitrogens with one attached hydrogen (secondary N) is 1. The van der Waals surface area contributed by atoms with Gasteiger partial charge in [0.2, 0.25) is 5.91 Å². The summed E-state index contributed by atoms with van der Waals surface area (Å²) in [6.07, 6.45) is 72.2. The lowest BCUT2D eigenvalue weighted by Crippen LogP contribution is -2.45. The van der Waals surface area contributed by atoms with Gasteiger partial charge in [-0.1, -0.05) is 309 Å². The first-order valence-electron chi connectivity index (χ1n) is 31.9. The second-order valence-electron chi connectivity index (χ2n) is 22.1. The lowest BCUT2D eigenvalue weighted by molar-refractivity contribution is -0.143. The molecule has 0 fully saturated rings. The normalized spacial score (nSPS) is 12.6. The molecule has 2 atom stereocenters. The predicted molar refractivity (Wildman–Crippen MR) is 306 cm³/mol. The molecule has 0 heterocycles. The summed E-state index contributed by atoms with van der Waals surface area (Å²) in [6, 6.07) is -0.552. The average Bonchev–Trinajstić information content (AvgIpc) is 3.36. The molecule has 0 spiro atoms. The molecule has 0 aliphatic rings. The Morgan fingerprint density at radius 2 is 0.671 bits per heavy atom. The summed E-state index contributed by atoms with van der Waals surface area (Å²) in [5.74, 6) is -0.0554. The van der Waals surface area contributed by atoms with Crippen molar-refractivity contribution in [1.82, 2.24) is 5.32 Å². The molecular formula is C64H125NO5. The summed E-state index contributed by atoms with van der Waals surface area (Å²) < 4.78 is 5.47. The first-order chi connectivity index (χ1) is 34.5. The van der Waals surface area contributed by atoms with E-state index in [2.05, 4.69) is 31.3 Å². The molecule has 2 unspecified atom stereocenters. The average molecular weight is 989 g/mol. The van der Waals surface area contributed by atoms with Gasteiger partial charge < -0.3 is 20.3 Å². The fourth-order valence-electron chi connectivity index (χ4n) is 10.2. The van der Waals surface area contributed by atoms with E-state index in [4.69, 9.17) is 4.74 Å². The van der Waals surface area contributed by atoms with Gasteiger partial charge in [-0.15, -0.1) is 0 Å². The molecule has 6 heteroatoms. The van der Waals surface area contributed by atoms with Crippen molar-refractivity contribution in [2.24, 2.45) is 0 Å². The number of rotatable bonds is 60. The maximum absolute atomic E-state index is 12.5. The molecule has 3 N–H and O–H groups in total. The van der Waals surface area contributed by atoms with Crippen molar-refractivity contribution in [3.05, 3.63) is 12.2 Å². The van der Waals surface area contributed by atoms with Crippen molar-refractivity contribution in [1.29, 1.82) is 0 Å². The van der Waals surface area contributed by atoms with Gasteiger partial charge in [0.25, 0.3) is 0 Å². The molecule has 0 rings (SSSR count). The summed E-state index contributed by atoms with van der Waals surface area (Å²) in [5.41, 5.74) is 0. The number of esters is 1. The van der Waals surface area contributed by atoms with Crippen LogP contribution in [0.3, 0.4) is 0 Å². The second kappa shape index (κ2) is 60.2. The quantitative estimate of drug-likeness (QED) is 0.0321. The van der Waals surface area contributed by atoms with Crippen LogP contribution in [-0.2, 0) is 14.3 Å². The third-order valence-corrected chi connectivity index (χ3v) is 15.1. The molecule has 0 aliphatic heterocycles. The Balaban J connectivity index is 3.43. The smallest absolute Gasteiger partial charge is 0.305 e. The number of carbonyl (C=O) groups excluding carboxylic acids is 2. The number of amides is 1. The Bertz CT molecular complexity index is 1050. The maximum Gasteiger partial charge on any atom is 0.305 e. The Morgan fingerprint density at radius 3 is 1.01 bits per heavy atom. The molecule has 0 aliphatic carbocycles. The Labute approximate surface area is 438 Å². The molecule has 1 amide bonds. The van der Waals surface area contributed by atoms with Crippen LogP contribution in [0.25, 0.3) is 0 Å². The largest absolute Gasteiger partial charge is 0.466 e. The van der Waals surface area contributed by atoms with Crippen LogP contribution in [0.2, 0.25) is 0 Å². The number of allylic oxidation sites excluding steroid dienone is 2. The van der Waals surface area contributed by atoms with E-state index >= 15 is 0 Å². The minimum atomic E-state index is -0.674. The fraction of sp³-hybridized carbons (Fsp3) is 0.938. The van der Waals surface area contributed by atoms with Crippen LogP contribution in [0.15, 0.2) is 12.2 Å². The van der Waals surface area contributed by atoms with Gasteiger partial charge >= 0.3 is 5.97 Å². The molecule has 0 radical (unpaired) electrons. The van der Waals surface area contributed by atoms with Crippen molar-refractivity contribution in [3.8, 4) is 0 Å². The predicted octanol–water partition coefficient (Wildman–Crippen LogP) is 20.0. The number of aliphatic hydroxyl groups is 2. The first kappa shape index (κ1) is 68.6. The third kappa shape index (κ3) is 55.9. The standard InChI is InChI=1S/C64H125NO5/c1-3-5-7-9-11-13-15-17-19-20-21-22-23-24-25-26-27-28-30-32-36-40-44-48-52-56-62(67)61(60-66)65-63(68)57-53-49-45-41-37-33-31-35-39-43-47-51-55-59-70-64(69)58-54-50-46-42-38-34-29-18-16-14-12-10-8-6-4-2/h18,29,61-62,66-67H,3-17,19-28,30-60H2,1-2H3,(H,65,68)/b29-18-. The van der Waals surface area contributed by atoms with Crippen molar-refractivity contribution < 1.29 is 24.5 Å². The van der Waals surface area contributed by atoms with Gasteiger partial charge in [-0.25, -0.2) is 0 Å². The van der Waals surface area contributed by atoms with Gasteiger partial charge in [-0.05, 0) is 51.4 Å². The third-order valence-electron chi connectivity index (χ3n) is 15.1. The number of aliphatic hydroxyl groups excluding tert-OH is 2. The topological polar surface area (TPSA) is 95.9 Å². The van der Waals surface area contributed by atoms with Gasteiger partial charge in [0, 0.05) is 12.8 Å². The van der Waals surface area contributed by atoms with E-state index < -0.39 is 12.1 Å². The molecule has 6 nitrogen and oxygen atoms in total. The van der Waals surface area contributed by atoms with Crippen molar-refractivity contribution in [2.75, 3.05) is 13.2 Å². The zero-order chi connectivity index (χ0) is 50.7. The van der Waals surface area contributed by atoms with E-state index in [9.17, 15) is 19.8 Å². The number of hydrogen-bond acceptors (Lipinski definition) is 5. The molecule has 416 valence electrons. The Kier molecular flexibility index (Phi) is 59.0. The zero-order valence-electron chi connectivity index (χ0n) is 47.5. The number of hydrogen-bond donors (Lipinski definition) is 3. The van der Waals surface area contributed by atoms with Crippen LogP contribution < -0.4 is 5.32 Å². The maximum atomic E-state index is 12.5. The number of unbranched alkanes of at least 4 members (excludes halogenated alkanes) is 47. The van der Waals surface area contributed by atoms with Gasteiger partial charge in [0.15, 0.2) is 0 Å². The van der Waals surface area contributed by atoms with Gasteiger partial charge in [-0.3, -0.25) is 9.59 Å². The van der Waals surface area contributed by atoms with E-state index in [1.165, 1.54) is 276 Å². The highest BCUT2D eigenvalue weighted by Crippen LogP contribution is 2.18. The van der Waals surface area contributed by atoms with Crippen LogP contribution in [0, 0.1) is 0 Å². The monoisotopic (exact) mass is 988 g/mol. The van der Waals surface area contributed by atoms with E-state index in [1.54, 1.807) is 0 Å². The Morgan fingerprint density at radius 1 is 0.386 bits per heavy atom. The first-order valence-corrected chi connectivity index (χ1v) is 31.9. The van der Waals surface area contributed by atoms with Gasteiger partial charge in [-0.2, -0.15) is 0 Å². The number of carbonyl (C=O) groups is 2. The molecule has 0 aromatic carbocycles. The molecule has 0 saturated carbocycles. The summed E-state index contributed by atoms with van der Waals surface area (Å²) in [6.45, 7) is 4.95.